The van der Waals surface area contributed by atoms with Crippen molar-refractivity contribution in [1.29, 1.82) is 0 Å². The molecule has 0 saturated carbocycles. The molecule has 9 heteroatoms. The fraction of sp³-hybridized carbons (Fsp3) is 0.611. The van der Waals surface area contributed by atoms with Crippen LogP contribution in [0.4, 0.5) is 0 Å². The molecule has 1 saturated heterocycles. The number of benzene rings is 1. The number of para-hydroxylation sites is 1. The van der Waals surface area contributed by atoms with Gasteiger partial charge >= 0.3 is 0 Å². The highest BCUT2D eigenvalue weighted by atomic mass is 32.2. The van der Waals surface area contributed by atoms with Crippen LogP contribution in [0.5, 0.6) is 5.75 Å². The lowest BCUT2D eigenvalue weighted by Crippen LogP contribution is -2.49. The van der Waals surface area contributed by atoms with Gasteiger partial charge in [0.2, 0.25) is 15.9 Å². The molecule has 2 unspecified atom stereocenters. The predicted octanol–water partition coefficient (Wildman–Crippen LogP) is 0.637. The molecule has 1 aliphatic heterocycles. The van der Waals surface area contributed by atoms with Gasteiger partial charge in [0.1, 0.15) is 19.0 Å². The molecule has 0 aromatic heterocycles. The zero-order valence-electron chi connectivity index (χ0n) is 15.8. The van der Waals surface area contributed by atoms with Crippen molar-refractivity contribution >= 4 is 15.9 Å². The van der Waals surface area contributed by atoms with Crippen LogP contribution in [0.15, 0.2) is 30.3 Å². The van der Waals surface area contributed by atoms with Gasteiger partial charge in [-0.15, -0.1) is 0 Å². The highest BCUT2D eigenvalue weighted by Crippen LogP contribution is 2.14. The van der Waals surface area contributed by atoms with Crippen LogP contribution < -0.4 is 10.1 Å². The molecule has 0 aliphatic carbocycles. The molecule has 1 heterocycles. The Labute approximate surface area is 160 Å². The first-order chi connectivity index (χ1) is 12.9. The minimum atomic E-state index is -3.43. The number of carbonyl (C=O) groups excluding carboxylic acids is 1. The van der Waals surface area contributed by atoms with Gasteiger partial charge in [-0.25, -0.2) is 8.42 Å². The Balaban J connectivity index is 1.58. The maximum Gasteiger partial charge on any atom is 0.246 e. The second-order valence-corrected chi connectivity index (χ2v) is 8.54. The zero-order chi connectivity index (χ0) is 19.7. The molecule has 1 aromatic rings. The molecule has 27 heavy (non-hydrogen) atoms. The van der Waals surface area contributed by atoms with Crippen LogP contribution in [0.3, 0.4) is 0 Å². The minimum Gasteiger partial charge on any atom is -0.491 e. The molecule has 8 nitrogen and oxygen atoms in total. The quantitative estimate of drug-likeness (QED) is 0.579. The molecule has 0 radical (unpaired) electrons. The summed E-state index contributed by atoms with van der Waals surface area (Å²) < 4.78 is 42.4. The van der Waals surface area contributed by atoms with Gasteiger partial charge in [0.05, 0.1) is 24.6 Å². The minimum absolute atomic E-state index is 0.0468. The first-order valence-electron chi connectivity index (χ1n) is 9.02. The molecule has 2 rings (SSSR count). The molecule has 1 aliphatic rings. The first kappa shape index (κ1) is 21.6. The monoisotopic (exact) mass is 400 g/mol. The van der Waals surface area contributed by atoms with Gasteiger partial charge in [0, 0.05) is 19.6 Å². The summed E-state index contributed by atoms with van der Waals surface area (Å²) in [7, 11) is -3.43. The van der Waals surface area contributed by atoms with E-state index in [1.807, 2.05) is 44.2 Å². The molecule has 1 amide bonds. The van der Waals surface area contributed by atoms with Crippen LogP contribution in [0.2, 0.25) is 0 Å². The van der Waals surface area contributed by atoms with E-state index in [2.05, 4.69) is 5.32 Å². The number of hydrogen-bond donors (Lipinski definition) is 1. The average molecular weight is 400 g/mol. The van der Waals surface area contributed by atoms with E-state index in [-0.39, 0.29) is 43.6 Å². The van der Waals surface area contributed by atoms with E-state index in [1.54, 1.807) is 0 Å². The summed E-state index contributed by atoms with van der Waals surface area (Å²) in [5.74, 6) is 0.242. The van der Waals surface area contributed by atoms with Crippen molar-refractivity contribution in [1.82, 2.24) is 9.62 Å². The number of ether oxygens (including phenoxy) is 3. The summed E-state index contributed by atoms with van der Waals surface area (Å²) in [6.07, 6.45) is -0.269. The van der Waals surface area contributed by atoms with Crippen LogP contribution in [-0.2, 0) is 24.3 Å². The normalized spacial score (nSPS) is 21.0. The van der Waals surface area contributed by atoms with Crippen LogP contribution >= 0.6 is 0 Å². The lowest BCUT2D eigenvalue weighted by Gasteiger charge is -2.34. The smallest absolute Gasteiger partial charge is 0.246 e. The van der Waals surface area contributed by atoms with Crippen LogP contribution in [-0.4, -0.2) is 76.0 Å². The molecular formula is C18H28N2O6S. The Bertz CT molecular complexity index is 672. The molecule has 1 fully saturated rings. The summed E-state index contributed by atoms with van der Waals surface area (Å²) >= 11 is 0. The van der Waals surface area contributed by atoms with Gasteiger partial charge < -0.3 is 19.5 Å². The average Bonchev–Trinajstić information content (AvgIpc) is 2.61. The Morgan fingerprint density at radius 2 is 1.85 bits per heavy atom. The molecule has 152 valence electrons. The van der Waals surface area contributed by atoms with Crippen molar-refractivity contribution < 1.29 is 27.4 Å². The number of amides is 1. The Morgan fingerprint density at radius 3 is 2.52 bits per heavy atom. The van der Waals surface area contributed by atoms with Gasteiger partial charge in [-0.05, 0) is 26.0 Å². The first-order valence-corrected chi connectivity index (χ1v) is 10.6. The molecule has 1 aromatic carbocycles. The van der Waals surface area contributed by atoms with Crippen molar-refractivity contribution in [2.24, 2.45) is 0 Å². The Kier molecular flexibility index (Phi) is 8.49. The SMILES string of the molecule is CC1CN(S(=O)(=O)CCNC(=O)COCCOc2ccccc2)CC(C)O1. The summed E-state index contributed by atoms with van der Waals surface area (Å²) in [5.41, 5.74) is 0. The number of nitrogens with one attached hydrogen (secondary N) is 1. The topological polar surface area (TPSA) is 94.2 Å². The summed E-state index contributed by atoms with van der Waals surface area (Å²) in [5, 5.41) is 2.57. The summed E-state index contributed by atoms with van der Waals surface area (Å²) in [6.45, 7) is 4.88. The van der Waals surface area contributed by atoms with Crippen LogP contribution in [0, 0.1) is 0 Å². The lowest BCUT2D eigenvalue weighted by molar-refractivity contribution is -0.125. The zero-order valence-corrected chi connectivity index (χ0v) is 16.6. The second-order valence-electron chi connectivity index (χ2n) is 6.45. The standard InChI is InChI=1S/C18H28N2O6S/c1-15-12-20(13-16(2)26-15)27(22,23)11-8-19-18(21)14-24-9-10-25-17-6-4-3-5-7-17/h3-7,15-16H,8-14H2,1-2H3,(H,19,21). The highest BCUT2D eigenvalue weighted by molar-refractivity contribution is 7.89. The summed E-state index contributed by atoms with van der Waals surface area (Å²) in [4.78, 5) is 11.7. The lowest BCUT2D eigenvalue weighted by atomic mass is 10.3. The number of morpholine rings is 1. The van der Waals surface area contributed by atoms with Crippen molar-refractivity contribution in [3.8, 4) is 5.75 Å². The third kappa shape index (κ3) is 7.84. The number of sulfonamides is 1. The predicted molar refractivity (Wildman–Crippen MR) is 101 cm³/mol. The summed E-state index contributed by atoms with van der Waals surface area (Å²) in [6, 6.07) is 9.31. The van der Waals surface area contributed by atoms with Crippen molar-refractivity contribution in [3.05, 3.63) is 30.3 Å². The highest BCUT2D eigenvalue weighted by Gasteiger charge is 2.30. The largest absolute Gasteiger partial charge is 0.491 e. The number of carbonyl (C=O) groups is 1. The molecule has 2 atom stereocenters. The van der Waals surface area contributed by atoms with Crippen LogP contribution in [0.1, 0.15) is 13.8 Å². The van der Waals surface area contributed by atoms with E-state index in [0.29, 0.717) is 19.7 Å². The maximum atomic E-state index is 12.4. The van der Waals surface area contributed by atoms with Gasteiger partial charge in [-0.2, -0.15) is 4.31 Å². The van der Waals surface area contributed by atoms with Crippen molar-refractivity contribution in [3.63, 3.8) is 0 Å². The number of hydrogen-bond acceptors (Lipinski definition) is 6. The van der Waals surface area contributed by atoms with Gasteiger partial charge in [0.15, 0.2) is 0 Å². The van der Waals surface area contributed by atoms with Gasteiger partial charge in [-0.3, -0.25) is 4.79 Å². The third-order valence-electron chi connectivity index (χ3n) is 3.93. The second kappa shape index (κ2) is 10.6. The molecule has 0 bridgehead atoms. The third-order valence-corrected chi connectivity index (χ3v) is 5.74. The molecular weight excluding hydrogens is 372 g/mol. The van der Waals surface area contributed by atoms with Gasteiger partial charge in [0.25, 0.3) is 0 Å². The fourth-order valence-corrected chi connectivity index (χ4v) is 4.25. The Hall–Kier alpha value is -1.68. The maximum absolute atomic E-state index is 12.4. The number of nitrogens with zero attached hydrogens (tertiary/aromatic N) is 1. The van der Waals surface area contributed by atoms with Crippen LogP contribution in [0.25, 0.3) is 0 Å². The van der Waals surface area contributed by atoms with E-state index in [9.17, 15) is 13.2 Å². The van der Waals surface area contributed by atoms with Crippen molar-refractivity contribution in [2.45, 2.75) is 26.1 Å². The molecule has 1 N–H and O–H groups in total. The van der Waals surface area contributed by atoms with E-state index in [4.69, 9.17) is 14.2 Å². The van der Waals surface area contributed by atoms with Gasteiger partial charge in [-0.1, -0.05) is 18.2 Å². The van der Waals surface area contributed by atoms with Crippen molar-refractivity contribution in [2.75, 3.05) is 45.2 Å². The van der Waals surface area contributed by atoms with E-state index < -0.39 is 10.0 Å². The van der Waals surface area contributed by atoms with E-state index in [1.165, 1.54) is 4.31 Å². The van der Waals surface area contributed by atoms with E-state index in [0.717, 1.165) is 5.75 Å². The van der Waals surface area contributed by atoms with E-state index >= 15 is 0 Å². The number of rotatable bonds is 10. The Morgan fingerprint density at radius 1 is 1.19 bits per heavy atom. The molecule has 0 spiro atoms. The fourth-order valence-electron chi connectivity index (χ4n) is 2.76.